The molecule has 2 rings (SSSR count). The van der Waals surface area contributed by atoms with Crippen molar-refractivity contribution < 1.29 is 5.11 Å². The van der Waals surface area contributed by atoms with E-state index in [9.17, 15) is 0 Å². The van der Waals surface area contributed by atoms with Gasteiger partial charge in [-0.05, 0) is 19.4 Å². The zero-order valence-electron chi connectivity index (χ0n) is 9.64. The molecule has 0 unspecified atom stereocenters. The molecule has 1 N–H and O–H groups in total. The maximum atomic E-state index is 8.93. The van der Waals surface area contributed by atoms with E-state index >= 15 is 0 Å². The molecular weight excluding hydrogens is 200 g/mol. The Kier molecular flexibility index (Phi) is 3.06. The normalized spacial score (nSPS) is 10.7. The summed E-state index contributed by atoms with van der Waals surface area (Å²) >= 11 is 0. The van der Waals surface area contributed by atoms with Gasteiger partial charge in [-0.2, -0.15) is 0 Å². The number of rotatable bonds is 3. The number of hydrogen-bond donors (Lipinski definition) is 1. The highest BCUT2D eigenvalue weighted by Gasteiger charge is 2.00. The van der Waals surface area contributed by atoms with Crippen molar-refractivity contribution in [1.29, 1.82) is 0 Å². The molecule has 2 aromatic rings. The van der Waals surface area contributed by atoms with Crippen LogP contribution in [0.1, 0.15) is 22.4 Å². The van der Waals surface area contributed by atoms with Crippen LogP contribution in [0.4, 0.5) is 0 Å². The van der Waals surface area contributed by atoms with Crippen LogP contribution in [-0.2, 0) is 13.2 Å². The molecule has 0 aliphatic carbocycles. The van der Waals surface area contributed by atoms with Crippen molar-refractivity contribution in [3.05, 3.63) is 53.1 Å². The van der Waals surface area contributed by atoms with Gasteiger partial charge >= 0.3 is 0 Å². The third-order valence-electron chi connectivity index (χ3n) is 2.50. The van der Waals surface area contributed by atoms with Gasteiger partial charge in [0.1, 0.15) is 0 Å². The van der Waals surface area contributed by atoms with Crippen molar-refractivity contribution >= 4 is 0 Å². The van der Waals surface area contributed by atoms with Gasteiger partial charge in [-0.3, -0.25) is 0 Å². The lowest BCUT2D eigenvalue weighted by molar-refractivity contribution is 0.277. The first-order chi connectivity index (χ1) is 7.67. The summed E-state index contributed by atoms with van der Waals surface area (Å²) in [6.45, 7) is 5.00. The van der Waals surface area contributed by atoms with Gasteiger partial charge in [0.25, 0.3) is 0 Å². The van der Waals surface area contributed by atoms with E-state index in [1.807, 2.05) is 10.8 Å². The summed E-state index contributed by atoms with van der Waals surface area (Å²) in [5, 5.41) is 8.93. The molecule has 0 amide bonds. The third kappa shape index (κ3) is 2.49. The van der Waals surface area contributed by atoms with E-state index in [1.165, 1.54) is 16.7 Å². The summed E-state index contributed by atoms with van der Waals surface area (Å²) in [5.74, 6) is 0. The van der Waals surface area contributed by atoms with E-state index in [0.29, 0.717) is 5.69 Å². The molecule has 0 bridgehead atoms. The van der Waals surface area contributed by atoms with Crippen LogP contribution in [0.3, 0.4) is 0 Å². The van der Waals surface area contributed by atoms with Crippen LogP contribution in [-0.4, -0.2) is 14.7 Å². The summed E-state index contributed by atoms with van der Waals surface area (Å²) in [6.07, 6.45) is 3.63. The summed E-state index contributed by atoms with van der Waals surface area (Å²) < 4.78 is 1.99. The number of hydrogen-bond acceptors (Lipinski definition) is 2. The first kappa shape index (κ1) is 10.9. The predicted molar refractivity (Wildman–Crippen MR) is 63.2 cm³/mol. The van der Waals surface area contributed by atoms with E-state index in [1.54, 1.807) is 6.33 Å². The van der Waals surface area contributed by atoms with Crippen molar-refractivity contribution in [3.8, 4) is 0 Å². The lowest BCUT2D eigenvalue weighted by atomic mass is 10.1. The summed E-state index contributed by atoms with van der Waals surface area (Å²) in [6, 6.07) is 6.51. The maximum Gasteiger partial charge on any atom is 0.0953 e. The Hall–Kier alpha value is -1.61. The fourth-order valence-corrected chi connectivity index (χ4v) is 1.95. The number of nitrogens with zero attached hydrogens (tertiary/aromatic N) is 2. The Morgan fingerprint density at radius 1 is 1.19 bits per heavy atom. The van der Waals surface area contributed by atoms with E-state index < -0.39 is 0 Å². The highest BCUT2D eigenvalue weighted by Crippen LogP contribution is 2.10. The molecule has 1 aromatic carbocycles. The van der Waals surface area contributed by atoms with Crippen LogP contribution in [0.15, 0.2) is 30.7 Å². The molecule has 1 aromatic heterocycles. The molecule has 0 spiro atoms. The Balaban J connectivity index is 2.19. The molecule has 0 fully saturated rings. The summed E-state index contributed by atoms with van der Waals surface area (Å²) in [4.78, 5) is 4.09. The topological polar surface area (TPSA) is 38.0 Å². The van der Waals surface area contributed by atoms with Gasteiger partial charge in [0.15, 0.2) is 0 Å². The Bertz CT molecular complexity index is 468. The monoisotopic (exact) mass is 216 g/mol. The fraction of sp³-hybridized carbons (Fsp3) is 0.308. The zero-order chi connectivity index (χ0) is 11.5. The van der Waals surface area contributed by atoms with E-state index in [4.69, 9.17) is 5.11 Å². The number of aliphatic hydroxyl groups is 1. The molecule has 1 heterocycles. The van der Waals surface area contributed by atoms with Crippen LogP contribution < -0.4 is 0 Å². The van der Waals surface area contributed by atoms with Gasteiger partial charge in [0, 0.05) is 12.7 Å². The first-order valence-electron chi connectivity index (χ1n) is 5.36. The van der Waals surface area contributed by atoms with Crippen molar-refractivity contribution in [2.45, 2.75) is 27.0 Å². The van der Waals surface area contributed by atoms with Crippen molar-refractivity contribution in [2.24, 2.45) is 0 Å². The molecule has 84 valence electrons. The molecule has 0 radical (unpaired) electrons. The number of imidazole rings is 1. The van der Waals surface area contributed by atoms with Gasteiger partial charge in [-0.1, -0.05) is 29.3 Å². The molecule has 0 saturated carbocycles. The SMILES string of the molecule is Cc1cc(C)cc(Cn2cnc(CO)c2)c1. The van der Waals surface area contributed by atoms with Crippen molar-refractivity contribution in [2.75, 3.05) is 0 Å². The molecule has 3 heteroatoms. The smallest absolute Gasteiger partial charge is 0.0953 e. The number of benzene rings is 1. The molecule has 0 atom stereocenters. The first-order valence-corrected chi connectivity index (χ1v) is 5.36. The van der Waals surface area contributed by atoms with E-state index in [2.05, 4.69) is 37.0 Å². The Labute approximate surface area is 95.4 Å². The van der Waals surface area contributed by atoms with E-state index in [-0.39, 0.29) is 6.61 Å². The second-order valence-corrected chi connectivity index (χ2v) is 4.19. The summed E-state index contributed by atoms with van der Waals surface area (Å²) in [7, 11) is 0. The number of aliphatic hydroxyl groups excluding tert-OH is 1. The molecule has 0 saturated heterocycles. The number of aryl methyl sites for hydroxylation is 2. The van der Waals surface area contributed by atoms with Crippen LogP contribution in [0.2, 0.25) is 0 Å². The minimum Gasteiger partial charge on any atom is -0.390 e. The fourth-order valence-electron chi connectivity index (χ4n) is 1.95. The van der Waals surface area contributed by atoms with Crippen LogP contribution in [0.25, 0.3) is 0 Å². The van der Waals surface area contributed by atoms with Gasteiger partial charge < -0.3 is 9.67 Å². The van der Waals surface area contributed by atoms with Gasteiger partial charge in [-0.15, -0.1) is 0 Å². The molecular formula is C13H16N2O. The minimum absolute atomic E-state index is 0.000154. The highest BCUT2D eigenvalue weighted by molar-refractivity contribution is 5.28. The van der Waals surface area contributed by atoms with Gasteiger partial charge in [-0.25, -0.2) is 4.98 Å². The predicted octanol–water partition coefficient (Wildman–Crippen LogP) is 2.04. The van der Waals surface area contributed by atoms with Crippen molar-refractivity contribution in [3.63, 3.8) is 0 Å². The molecule has 0 aliphatic rings. The van der Waals surface area contributed by atoms with Crippen molar-refractivity contribution in [1.82, 2.24) is 9.55 Å². The largest absolute Gasteiger partial charge is 0.390 e. The van der Waals surface area contributed by atoms with Crippen LogP contribution in [0, 0.1) is 13.8 Å². The molecule has 0 aliphatic heterocycles. The standard InChI is InChI=1S/C13H16N2O/c1-10-3-11(2)5-12(4-10)6-15-7-13(8-16)14-9-15/h3-5,7,9,16H,6,8H2,1-2H3. The lowest BCUT2D eigenvalue weighted by Gasteiger charge is -2.05. The van der Waals surface area contributed by atoms with Crippen LogP contribution in [0.5, 0.6) is 0 Å². The second kappa shape index (κ2) is 4.49. The van der Waals surface area contributed by atoms with Gasteiger partial charge in [0.05, 0.1) is 18.6 Å². The minimum atomic E-state index is -0.000154. The average molecular weight is 216 g/mol. The second-order valence-electron chi connectivity index (χ2n) is 4.19. The highest BCUT2D eigenvalue weighted by atomic mass is 16.3. The quantitative estimate of drug-likeness (QED) is 0.852. The molecule has 16 heavy (non-hydrogen) atoms. The third-order valence-corrected chi connectivity index (χ3v) is 2.50. The average Bonchev–Trinajstić information content (AvgIpc) is 2.64. The van der Waals surface area contributed by atoms with Crippen LogP contribution >= 0.6 is 0 Å². The maximum absolute atomic E-state index is 8.93. The lowest BCUT2D eigenvalue weighted by Crippen LogP contribution is -1.97. The molecule has 3 nitrogen and oxygen atoms in total. The Morgan fingerprint density at radius 3 is 2.44 bits per heavy atom. The Morgan fingerprint density at radius 2 is 1.88 bits per heavy atom. The zero-order valence-corrected chi connectivity index (χ0v) is 9.64. The number of aromatic nitrogens is 2. The van der Waals surface area contributed by atoms with Gasteiger partial charge in [0.2, 0.25) is 0 Å². The summed E-state index contributed by atoms with van der Waals surface area (Å²) in [5.41, 5.74) is 4.53. The van der Waals surface area contributed by atoms with E-state index in [0.717, 1.165) is 6.54 Å².